The van der Waals surface area contributed by atoms with Gasteiger partial charge in [0, 0.05) is 13.2 Å². The van der Waals surface area contributed by atoms with Crippen LogP contribution in [0.5, 0.6) is 11.5 Å². The zero-order valence-corrected chi connectivity index (χ0v) is 9.39. The molecule has 14 heavy (non-hydrogen) atoms. The lowest BCUT2D eigenvalue weighted by Gasteiger charge is -2.09. The highest BCUT2D eigenvalue weighted by Crippen LogP contribution is 2.32. The minimum absolute atomic E-state index is 0.614. The molecule has 1 aromatic rings. The largest absolute Gasteiger partial charge is 0.497 e. The molecule has 0 heterocycles. The van der Waals surface area contributed by atoms with Gasteiger partial charge in [0.25, 0.3) is 0 Å². The van der Waals surface area contributed by atoms with Gasteiger partial charge in [0.2, 0.25) is 0 Å². The molecule has 0 unspecified atom stereocenters. The Morgan fingerprint density at radius 3 is 2.50 bits per heavy atom. The van der Waals surface area contributed by atoms with Gasteiger partial charge in [-0.3, -0.25) is 0 Å². The summed E-state index contributed by atoms with van der Waals surface area (Å²) in [5, 5.41) is 0. The maximum atomic E-state index is 5.23. The number of methoxy groups -OCH3 is 3. The van der Waals surface area contributed by atoms with E-state index in [-0.39, 0.29) is 0 Å². The lowest BCUT2D eigenvalue weighted by molar-refractivity contribution is 0.258. The molecule has 0 fully saturated rings. The third kappa shape index (κ3) is 2.82. The summed E-state index contributed by atoms with van der Waals surface area (Å²) in [4.78, 5) is 1.05. The third-order valence-corrected chi connectivity index (χ3v) is 2.70. The molecule has 4 heteroatoms. The summed E-state index contributed by atoms with van der Waals surface area (Å²) in [6, 6.07) is 5.72. The van der Waals surface area contributed by atoms with E-state index >= 15 is 0 Å². The van der Waals surface area contributed by atoms with Crippen molar-refractivity contribution in [3.05, 3.63) is 18.2 Å². The highest BCUT2D eigenvalue weighted by atomic mass is 32.2. The minimum atomic E-state index is 0.614. The number of thioether (sulfide) groups is 1. The van der Waals surface area contributed by atoms with E-state index in [2.05, 4.69) is 0 Å². The molecule has 0 spiro atoms. The molecular weight excluding hydrogens is 200 g/mol. The Hall–Kier alpha value is -0.870. The molecule has 3 nitrogen and oxygen atoms in total. The van der Waals surface area contributed by atoms with E-state index in [4.69, 9.17) is 14.2 Å². The van der Waals surface area contributed by atoms with Crippen molar-refractivity contribution in [3.63, 3.8) is 0 Å². The second kappa shape index (κ2) is 5.78. The van der Waals surface area contributed by atoms with Crippen LogP contribution < -0.4 is 9.47 Å². The Labute approximate surface area is 88.4 Å². The molecule has 0 N–H and O–H groups in total. The first-order valence-corrected chi connectivity index (χ1v) is 5.14. The molecule has 1 rings (SSSR count). The van der Waals surface area contributed by atoms with Crippen LogP contribution in [0.4, 0.5) is 0 Å². The summed E-state index contributed by atoms with van der Waals surface area (Å²) in [6.07, 6.45) is 0. The predicted molar refractivity (Wildman–Crippen MR) is 57.3 cm³/mol. The van der Waals surface area contributed by atoms with Crippen LogP contribution in [0.15, 0.2) is 23.1 Å². The standard InChI is InChI=1S/C10H14O3S/c1-11-7-14-10-5-4-8(12-2)6-9(10)13-3/h4-6H,7H2,1-3H3. The van der Waals surface area contributed by atoms with Crippen molar-refractivity contribution in [2.24, 2.45) is 0 Å². The van der Waals surface area contributed by atoms with E-state index in [1.807, 2.05) is 18.2 Å². The molecule has 0 bridgehead atoms. The number of hydrogen-bond donors (Lipinski definition) is 0. The average Bonchev–Trinajstić information content (AvgIpc) is 2.26. The van der Waals surface area contributed by atoms with E-state index in [1.54, 1.807) is 33.1 Å². The highest BCUT2D eigenvalue weighted by Gasteiger charge is 2.04. The Balaban J connectivity index is 2.82. The maximum Gasteiger partial charge on any atom is 0.136 e. The lowest BCUT2D eigenvalue weighted by Crippen LogP contribution is -1.90. The van der Waals surface area contributed by atoms with Gasteiger partial charge in [0.1, 0.15) is 11.5 Å². The molecule has 0 aliphatic rings. The van der Waals surface area contributed by atoms with Gasteiger partial charge in [-0.25, -0.2) is 0 Å². The molecule has 78 valence electrons. The third-order valence-electron chi connectivity index (χ3n) is 1.70. The number of rotatable bonds is 5. The molecule has 0 aliphatic carbocycles. The topological polar surface area (TPSA) is 27.7 Å². The fourth-order valence-electron chi connectivity index (χ4n) is 1.02. The zero-order valence-electron chi connectivity index (χ0n) is 8.57. The van der Waals surface area contributed by atoms with Crippen LogP contribution in [-0.4, -0.2) is 27.3 Å². The van der Waals surface area contributed by atoms with E-state index in [1.165, 1.54) is 0 Å². The monoisotopic (exact) mass is 214 g/mol. The highest BCUT2D eigenvalue weighted by molar-refractivity contribution is 7.99. The van der Waals surface area contributed by atoms with Gasteiger partial charge in [-0.05, 0) is 12.1 Å². The number of benzene rings is 1. The maximum absolute atomic E-state index is 5.23. The first kappa shape index (κ1) is 11.2. The minimum Gasteiger partial charge on any atom is -0.497 e. The van der Waals surface area contributed by atoms with Crippen LogP contribution >= 0.6 is 11.8 Å². The predicted octanol–water partition coefficient (Wildman–Crippen LogP) is 2.40. The van der Waals surface area contributed by atoms with Crippen LogP contribution in [0.1, 0.15) is 0 Å². The van der Waals surface area contributed by atoms with Gasteiger partial charge in [0.15, 0.2) is 0 Å². The number of hydrogen-bond acceptors (Lipinski definition) is 4. The van der Waals surface area contributed by atoms with Crippen molar-refractivity contribution in [3.8, 4) is 11.5 Å². The molecule has 1 aromatic carbocycles. The summed E-state index contributed by atoms with van der Waals surface area (Å²) < 4.78 is 15.3. The van der Waals surface area contributed by atoms with E-state index in [0.717, 1.165) is 16.4 Å². The van der Waals surface area contributed by atoms with Crippen LogP contribution in [0.2, 0.25) is 0 Å². The molecule has 0 aromatic heterocycles. The second-order valence-corrected chi connectivity index (χ2v) is 3.53. The first-order chi connectivity index (χ1) is 6.81. The molecule has 0 atom stereocenters. The van der Waals surface area contributed by atoms with Gasteiger partial charge in [0.05, 0.1) is 25.1 Å². The van der Waals surface area contributed by atoms with E-state index in [0.29, 0.717) is 5.94 Å². The zero-order chi connectivity index (χ0) is 10.4. The van der Waals surface area contributed by atoms with Crippen molar-refractivity contribution < 1.29 is 14.2 Å². The SMILES string of the molecule is COCSc1ccc(OC)cc1OC. The van der Waals surface area contributed by atoms with Crippen molar-refractivity contribution in [2.45, 2.75) is 4.90 Å². The van der Waals surface area contributed by atoms with E-state index < -0.39 is 0 Å². The Kier molecular flexibility index (Phi) is 4.62. The van der Waals surface area contributed by atoms with Crippen LogP contribution in [0.25, 0.3) is 0 Å². The van der Waals surface area contributed by atoms with Crippen molar-refractivity contribution in [2.75, 3.05) is 27.3 Å². The van der Waals surface area contributed by atoms with Gasteiger partial charge < -0.3 is 14.2 Å². The molecule has 0 saturated carbocycles. The van der Waals surface area contributed by atoms with E-state index in [9.17, 15) is 0 Å². The van der Waals surface area contributed by atoms with Gasteiger partial charge >= 0.3 is 0 Å². The molecule has 0 amide bonds. The summed E-state index contributed by atoms with van der Waals surface area (Å²) in [7, 11) is 4.95. The van der Waals surface area contributed by atoms with Gasteiger partial charge in [-0.15, -0.1) is 0 Å². The first-order valence-electron chi connectivity index (χ1n) is 4.15. The molecular formula is C10H14O3S. The van der Waals surface area contributed by atoms with Crippen LogP contribution in [0, 0.1) is 0 Å². The quantitative estimate of drug-likeness (QED) is 0.555. The van der Waals surface area contributed by atoms with Crippen molar-refractivity contribution in [1.29, 1.82) is 0 Å². The van der Waals surface area contributed by atoms with Crippen molar-refractivity contribution in [1.82, 2.24) is 0 Å². The summed E-state index contributed by atoms with van der Waals surface area (Å²) in [5.41, 5.74) is 0. The lowest BCUT2D eigenvalue weighted by atomic mass is 10.3. The average molecular weight is 214 g/mol. The summed E-state index contributed by atoms with van der Waals surface area (Å²) in [6.45, 7) is 0. The normalized spacial score (nSPS) is 9.93. The summed E-state index contributed by atoms with van der Waals surface area (Å²) >= 11 is 1.59. The molecule has 0 saturated heterocycles. The summed E-state index contributed by atoms with van der Waals surface area (Å²) in [5.74, 6) is 2.22. The Morgan fingerprint density at radius 2 is 1.93 bits per heavy atom. The molecule has 0 radical (unpaired) electrons. The number of ether oxygens (including phenoxy) is 3. The van der Waals surface area contributed by atoms with Crippen molar-refractivity contribution >= 4 is 11.8 Å². The Morgan fingerprint density at radius 1 is 1.14 bits per heavy atom. The fourth-order valence-corrected chi connectivity index (χ4v) is 1.71. The molecule has 0 aliphatic heterocycles. The van der Waals surface area contributed by atoms with Crippen LogP contribution in [-0.2, 0) is 4.74 Å². The fraction of sp³-hybridized carbons (Fsp3) is 0.400. The second-order valence-electron chi connectivity index (χ2n) is 2.57. The van der Waals surface area contributed by atoms with Crippen LogP contribution in [0.3, 0.4) is 0 Å². The Bertz CT molecular complexity index is 289. The smallest absolute Gasteiger partial charge is 0.136 e. The van der Waals surface area contributed by atoms with Gasteiger partial charge in [-0.1, -0.05) is 11.8 Å². The van der Waals surface area contributed by atoms with Gasteiger partial charge in [-0.2, -0.15) is 0 Å².